The number of H-pyrrole nitrogens is 3. The lowest BCUT2D eigenvalue weighted by molar-refractivity contribution is -0.0659. The van der Waals surface area contributed by atoms with Crippen molar-refractivity contribution in [2.45, 2.75) is 154 Å². The van der Waals surface area contributed by atoms with Crippen molar-refractivity contribution >= 4 is 102 Å². The lowest BCUT2D eigenvalue weighted by Crippen LogP contribution is -2.39. The third-order valence-electron chi connectivity index (χ3n) is 20.1. The van der Waals surface area contributed by atoms with E-state index < -0.39 is 289 Å². The number of hydrogen-bond donors (Lipinski definition) is 20. The number of aryl methyl sites for hydroxylation is 1. The summed E-state index contributed by atoms with van der Waals surface area (Å²) < 4.78 is 164. The minimum Gasteiger partial charge on any atom is -0.394 e. The molecule has 67 heteroatoms. The van der Waals surface area contributed by atoms with Crippen LogP contribution >= 0.6 is 39.1 Å². The number of aliphatic hydroxyl groups is 7. The molecule has 15 rings (SSSR count). The van der Waals surface area contributed by atoms with Crippen LogP contribution in [0.4, 0.5) is 29.4 Å². The minimum atomic E-state index is -6.03. The topological polar surface area (TPSA) is 901 Å². The Balaban J connectivity index is 0.655. The Morgan fingerprint density at radius 3 is 1.20 bits per heavy atom. The van der Waals surface area contributed by atoms with Gasteiger partial charge in [-0.2, -0.15) is 19.9 Å². The van der Waals surface area contributed by atoms with Crippen LogP contribution in [0.5, 0.6) is 0 Å². The Kier molecular flexibility index (Phi) is 25.4. The molecule has 125 heavy (non-hydrogen) atoms. The molecule has 6 fully saturated rings. The Labute approximate surface area is 690 Å². The van der Waals surface area contributed by atoms with Crippen LogP contribution in [0.25, 0.3) is 33.5 Å². The van der Waals surface area contributed by atoms with E-state index in [2.05, 4.69) is 59.8 Å². The number of nitrogen functional groups attached to an aromatic ring is 5. The van der Waals surface area contributed by atoms with Crippen LogP contribution in [0.2, 0.25) is 0 Å². The molecular weight excluding hydrogens is 1800 g/mol. The van der Waals surface area contributed by atoms with Crippen LogP contribution in [0.3, 0.4) is 0 Å². The van der Waals surface area contributed by atoms with Crippen molar-refractivity contribution in [1.82, 2.24) is 87.2 Å². The number of fused-ring (bicyclic) bond motifs is 3. The molecule has 0 radical (unpaired) electrons. The summed E-state index contributed by atoms with van der Waals surface area (Å²) >= 11 is 0. The molecule has 0 aliphatic carbocycles. The van der Waals surface area contributed by atoms with Crippen LogP contribution in [-0.2, 0) is 96.5 Å². The number of imidazole rings is 3. The summed E-state index contributed by atoms with van der Waals surface area (Å²) in [4.78, 5) is 176. The number of ether oxygens (including phenoxy) is 6. The van der Waals surface area contributed by atoms with Crippen molar-refractivity contribution in [3.63, 3.8) is 0 Å². The number of rotatable bonds is 32. The monoisotopic (exact) mass is 1870 g/mol. The largest absolute Gasteiger partial charge is 0.472 e. The molecule has 28 atom stereocenters. The lowest BCUT2D eigenvalue weighted by Gasteiger charge is -2.27. The quantitative estimate of drug-likeness (QED) is 0.0174. The van der Waals surface area contributed by atoms with E-state index in [4.69, 9.17) is 102 Å². The maximum absolute atomic E-state index is 14.5. The van der Waals surface area contributed by atoms with Gasteiger partial charge < -0.3 is 117 Å². The Bertz CT molecular complexity index is 6210. The highest BCUT2D eigenvalue weighted by Gasteiger charge is 2.57. The van der Waals surface area contributed by atoms with E-state index in [1.807, 2.05) is 0 Å². The van der Waals surface area contributed by atoms with E-state index in [1.165, 1.54) is 11.5 Å². The van der Waals surface area contributed by atoms with Crippen molar-refractivity contribution in [2.75, 3.05) is 68.3 Å². The number of phosphoric acid groups is 5. The van der Waals surface area contributed by atoms with Gasteiger partial charge in [0, 0.05) is 30.6 Å². The summed E-state index contributed by atoms with van der Waals surface area (Å²) in [7, 11) is -29.1. The van der Waals surface area contributed by atoms with Crippen LogP contribution in [-0.4, -0.2) is 291 Å². The number of phosphoric ester groups is 5. The van der Waals surface area contributed by atoms with E-state index in [1.54, 1.807) is 0 Å². The second-order valence-corrected chi connectivity index (χ2v) is 35.3. The van der Waals surface area contributed by atoms with Gasteiger partial charge in [0.25, 0.3) is 16.7 Å². The summed E-state index contributed by atoms with van der Waals surface area (Å²) in [5.41, 5.74) is 21.3. The number of hydrogen-bond acceptors (Lipinski definition) is 48. The second-order valence-electron chi connectivity index (χ2n) is 28.3. The highest BCUT2D eigenvalue weighted by molar-refractivity contribution is 7.48. The first-order valence-corrected chi connectivity index (χ1v) is 43.7. The molecule has 0 bridgehead atoms. The molecule has 0 amide bonds. The zero-order valence-corrected chi connectivity index (χ0v) is 67.6. The fraction of sp³-hybridized carbons (Fsp3) is 0.534. The Hall–Kier alpha value is -9.28. The van der Waals surface area contributed by atoms with Crippen molar-refractivity contribution in [3.8, 4) is 0 Å². The molecule has 6 saturated heterocycles. The fourth-order valence-electron chi connectivity index (χ4n) is 14.2. The smallest absolute Gasteiger partial charge is 0.394 e. The molecule has 5 unspecified atom stereocenters. The summed E-state index contributed by atoms with van der Waals surface area (Å²) in [5, 5.41) is 79.9. The van der Waals surface area contributed by atoms with Gasteiger partial charge in [0.05, 0.1) is 58.6 Å². The summed E-state index contributed by atoms with van der Waals surface area (Å²) in [6, 6.07) is 2.07. The van der Waals surface area contributed by atoms with E-state index >= 15 is 0 Å². The first-order chi connectivity index (χ1) is 58.9. The SMILES string of the molecule is Cc1cn([C@H]2C[C@H](OP(=O)(O)OC[C@H]3O[C@@H](n4cnc5c(=O)[nH]c(N)nc54)[C@H](O)[C@@H]3OP(=O)(O)OC[C@H]3O[C@@H](n4ccc(N)nc4=O)[C@H](O)[C@@H]3OP(=O)(O)OC[C@H]3O[C@@H](n4cnc5c(=O)[nH]c(N)nc54)[C@H](O)[C@@H]3OP(=O)(O)OC[C@H]3O[C@@H](n4ccc(N)nc4=O)[C@H](O)[C@@H]3OP(=O)(O)OC[C@H]3O[C@@H](n4cnc5c(N)ncnc54)[C@H](O)[C@@H]3O)[C@@H](CO)O2)c(=O)[nH]c1=O. The van der Waals surface area contributed by atoms with E-state index in [0.29, 0.717) is 9.13 Å². The number of nitrogens with two attached hydrogens (primary N) is 5. The van der Waals surface area contributed by atoms with Gasteiger partial charge in [0.15, 0.2) is 64.9 Å². The second kappa shape index (κ2) is 35.1. The minimum absolute atomic E-state index is 0.0390. The molecule has 6 aliphatic heterocycles. The molecule has 62 nitrogen and oxygen atoms in total. The third-order valence-corrected chi connectivity index (χ3v) is 25.0. The molecular formula is C58H74N23O39P5. The van der Waals surface area contributed by atoms with Gasteiger partial charge in [-0.25, -0.2) is 62.1 Å². The van der Waals surface area contributed by atoms with Crippen LogP contribution < -0.4 is 62.4 Å². The molecule has 0 saturated carbocycles. The molecule has 9 aromatic rings. The molecule has 0 spiro atoms. The van der Waals surface area contributed by atoms with Gasteiger partial charge in [0.2, 0.25) is 11.9 Å². The molecule has 9 aromatic heterocycles. The zero-order valence-electron chi connectivity index (χ0n) is 63.1. The molecule has 15 heterocycles. The van der Waals surface area contributed by atoms with E-state index in [0.717, 1.165) is 69.7 Å². The first-order valence-electron chi connectivity index (χ1n) is 36.2. The normalized spacial score (nSPS) is 32.0. The standard InChI is InChI=1S/C58H74N23O39P5/c1-18-7-78(58(94)75-46(18)89)28-6-19(20(8-82)110-28)116-121(95,96)106-10-24-40(36(87)52(114-24)80-16-67-30-44(80)71-54(62)73-47(30)90)119-124(101,102)108-12-23-39(35(86)51(113-23)77-5-3-27(60)70-57(77)93)118-123(99,100)109-13-25-41(37(88)53(115-25)81-17-68-31-45(81)72-55(63)74-48(31)91)120-125(103,104)107-11-22-38(34(85)50(112-22)76-4-2-26(59)69-56(76)92)117-122(97,98)105-9-21-32(83)33(84)49(111-21)79-15-66-29-42(61)64-14-65-43(29)79/h2-5,7,14-17,19-25,28,32-41,49-53,82-88H,6,8-13H2,1H3,(H,95,96)(H,97,98)(H,99,100)(H,101,102)(H,103,104)(H2,59,69,92)(H2,60,70,93)(H2,61,64,65)(H,75,89,94)(H3,62,71,73,90)(H3,63,72,74,91)/t19-,20+,21+,22+,23+,24+,25+,28+,32+,33+,34+,35+,36+,37+,38+,39+,40+,41+,49+,50+,51+,52+,53+/m0/s1. The average Bonchev–Trinajstić information content (AvgIpc) is 1.71. The predicted octanol–water partition coefficient (Wildman–Crippen LogP) is -8.18. The van der Waals surface area contributed by atoms with Crippen molar-refractivity contribution < 1.29 is 157 Å². The van der Waals surface area contributed by atoms with Crippen LogP contribution in [0.15, 0.2) is 84.8 Å². The third kappa shape index (κ3) is 18.8. The van der Waals surface area contributed by atoms with Crippen molar-refractivity contribution in [2.24, 2.45) is 0 Å². The molecule has 0 aromatic carbocycles. The van der Waals surface area contributed by atoms with Crippen LogP contribution in [0.1, 0.15) is 49.4 Å². The van der Waals surface area contributed by atoms with Gasteiger partial charge >= 0.3 is 56.2 Å². The number of aliphatic hydroxyl groups excluding tert-OH is 7. The number of aromatic amines is 3. The molecule has 25 N–H and O–H groups in total. The van der Waals surface area contributed by atoms with Crippen LogP contribution in [0, 0.1) is 6.92 Å². The van der Waals surface area contributed by atoms with Gasteiger partial charge in [0.1, 0.15) is 133 Å². The number of aromatic nitrogens is 18. The Morgan fingerprint density at radius 1 is 0.424 bits per heavy atom. The predicted molar refractivity (Wildman–Crippen MR) is 401 cm³/mol. The highest BCUT2D eigenvalue weighted by atomic mass is 31.2. The van der Waals surface area contributed by atoms with Gasteiger partial charge in [-0.1, -0.05) is 0 Å². The summed E-state index contributed by atoms with van der Waals surface area (Å²) in [6.45, 7) is -6.15. The van der Waals surface area contributed by atoms with Gasteiger partial charge in [-0.3, -0.25) is 102 Å². The lowest BCUT2D eigenvalue weighted by atomic mass is 10.1. The summed E-state index contributed by atoms with van der Waals surface area (Å²) in [6.07, 6.45) is -39.8. The number of nitrogens with one attached hydrogen (secondary N) is 3. The summed E-state index contributed by atoms with van der Waals surface area (Å²) in [5.74, 6) is -1.82. The Morgan fingerprint density at radius 2 is 0.792 bits per heavy atom. The highest BCUT2D eigenvalue weighted by Crippen LogP contribution is 2.57. The van der Waals surface area contributed by atoms with Crippen molar-refractivity contribution in [3.05, 3.63) is 124 Å². The van der Waals surface area contributed by atoms with Crippen molar-refractivity contribution in [1.29, 1.82) is 0 Å². The first kappa shape index (κ1) is 90.5. The van der Waals surface area contributed by atoms with E-state index in [9.17, 15) is 112 Å². The van der Waals surface area contributed by atoms with Gasteiger partial charge in [-0.05, 0) is 19.1 Å². The zero-order chi connectivity index (χ0) is 89.7. The molecule has 680 valence electrons. The maximum Gasteiger partial charge on any atom is 0.472 e. The fourth-order valence-corrected chi connectivity index (χ4v) is 19.0. The number of nitrogens with zero attached hydrogens (tertiary/aromatic N) is 15. The maximum atomic E-state index is 14.5. The number of anilines is 5. The van der Waals surface area contributed by atoms with Gasteiger partial charge in [-0.15, -0.1) is 0 Å². The molecule has 6 aliphatic rings. The average molecular weight is 1870 g/mol. The van der Waals surface area contributed by atoms with E-state index in [-0.39, 0.29) is 39.8 Å².